The van der Waals surface area contributed by atoms with E-state index in [1.807, 2.05) is 0 Å². The van der Waals surface area contributed by atoms with Crippen molar-refractivity contribution in [3.63, 3.8) is 0 Å². The molecule has 2 rings (SSSR count). The van der Waals surface area contributed by atoms with Gasteiger partial charge in [-0.25, -0.2) is 0 Å². The van der Waals surface area contributed by atoms with Gasteiger partial charge in [0.25, 0.3) is 0 Å². The highest BCUT2D eigenvalue weighted by molar-refractivity contribution is 14.0. The van der Waals surface area contributed by atoms with Crippen LogP contribution >= 0.6 is 24.0 Å². The van der Waals surface area contributed by atoms with Crippen molar-refractivity contribution in [2.45, 2.75) is 19.8 Å². The summed E-state index contributed by atoms with van der Waals surface area (Å²) in [7, 11) is 0. The summed E-state index contributed by atoms with van der Waals surface area (Å²) in [5.41, 5.74) is 8.61. The highest BCUT2D eigenvalue weighted by Crippen LogP contribution is 2.16. The van der Waals surface area contributed by atoms with Crippen LogP contribution in [-0.4, -0.2) is 43.7 Å². The molecule has 112 valence electrons. The molecule has 1 fully saturated rings. The van der Waals surface area contributed by atoms with Crippen molar-refractivity contribution in [2.75, 3.05) is 32.8 Å². The molecule has 0 aromatic heterocycles. The summed E-state index contributed by atoms with van der Waals surface area (Å²) >= 11 is 0. The number of hydrogen-bond donors (Lipinski definition) is 1. The topological polar surface area (TPSA) is 50.8 Å². The van der Waals surface area contributed by atoms with Gasteiger partial charge in [0.15, 0.2) is 5.96 Å². The Morgan fingerprint density at radius 3 is 2.50 bits per heavy atom. The lowest BCUT2D eigenvalue weighted by Crippen LogP contribution is -2.45. The van der Waals surface area contributed by atoms with Gasteiger partial charge < -0.3 is 15.4 Å². The molecule has 0 aliphatic carbocycles. The number of halogens is 1. The van der Waals surface area contributed by atoms with E-state index < -0.39 is 0 Å². The van der Waals surface area contributed by atoms with E-state index in [2.05, 4.69) is 48.0 Å². The molecule has 20 heavy (non-hydrogen) atoms. The lowest BCUT2D eigenvalue weighted by molar-refractivity contribution is 0.0674. The minimum Gasteiger partial charge on any atom is -0.378 e. The number of guanidine groups is 1. The quantitative estimate of drug-likeness (QED) is 0.491. The Morgan fingerprint density at radius 2 is 1.90 bits per heavy atom. The van der Waals surface area contributed by atoms with Crippen LogP contribution in [0.15, 0.2) is 29.3 Å². The molecule has 0 saturated carbocycles. The van der Waals surface area contributed by atoms with Crippen LogP contribution in [0.2, 0.25) is 0 Å². The average Bonchev–Trinajstić information content (AvgIpc) is 2.46. The Bertz CT molecular complexity index is 427. The third-order valence-corrected chi connectivity index (χ3v) is 3.51. The van der Waals surface area contributed by atoms with E-state index in [0.717, 1.165) is 32.8 Å². The van der Waals surface area contributed by atoms with E-state index in [1.54, 1.807) is 0 Å². The summed E-state index contributed by atoms with van der Waals surface area (Å²) in [5, 5.41) is 0. The van der Waals surface area contributed by atoms with Gasteiger partial charge in [0.1, 0.15) is 0 Å². The number of nitrogens with two attached hydrogens (primary N) is 1. The summed E-state index contributed by atoms with van der Waals surface area (Å²) in [4.78, 5) is 6.60. The van der Waals surface area contributed by atoms with Crippen molar-refractivity contribution in [3.05, 3.63) is 35.4 Å². The third-order valence-electron chi connectivity index (χ3n) is 3.51. The molecule has 1 aromatic carbocycles. The molecule has 1 aromatic rings. The smallest absolute Gasteiger partial charge is 0.191 e. The zero-order valence-electron chi connectivity index (χ0n) is 12.2. The van der Waals surface area contributed by atoms with E-state index in [9.17, 15) is 0 Å². The lowest BCUT2D eigenvalue weighted by atomic mass is 10.0. The maximum atomic E-state index is 6.02. The Labute approximate surface area is 138 Å². The maximum Gasteiger partial charge on any atom is 0.191 e. The molecule has 1 heterocycles. The van der Waals surface area contributed by atoms with Crippen LogP contribution in [0.1, 0.15) is 24.0 Å². The highest BCUT2D eigenvalue weighted by atomic mass is 127. The van der Waals surface area contributed by atoms with Crippen LogP contribution in [0.3, 0.4) is 0 Å². The van der Waals surface area contributed by atoms with Gasteiger partial charge in [-0.2, -0.15) is 0 Å². The molecule has 1 unspecified atom stereocenters. The Balaban J connectivity index is 0.00000200. The van der Waals surface area contributed by atoms with E-state index >= 15 is 0 Å². The first-order valence-electron chi connectivity index (χ1n) is 6.86. The van der Waals surface area contributed by atoms with E-state index in [0.29, 0.717) is 11.9 Å². The van der Waals surface area contributed by atoms with Gasteiger partial charge in [-0.15, -0.1) is 24.0 Å². The summed E-state index contributed by atoms with van der Waals surface area (Å²) < 4.78 is 5.30. The highest BCUT2D eigenvalue weighted by Gasteiger charge is 2.12. The molecule has 0 amide bonds. The second-order valence-corrected chi connectivity index (χ2v) is 5.11. The third kappa shape index (κ3) is 4.94. The SMILES string of the molecule is Cc1ccc(C(C)CN=C(N)N2CCOCC2)cc1.I. The number of hydrogen-bond acceptors (Lipinski definition) is 2. The summed E-state index contributed by atoms with van der Waals surface area (Å²) in [6, 6.07) is 8.61. The fourth-order valence-electron chi connectivity index (χ4n) is 2.12. The molecule has 1 aliphatic rings. The molecule has 2 N–H and O–H groups in total. The first-order chi connectivity index (χ1) is 9.16. The number of aryl methyl sites for hydroxylation is 1. The van der Waals surface area contributed by atoms with Crippen LogP contribution in [0, 0.1) is 6.92 Å². The molecular formula is C15H24IN3O. The second-order valence-electron chi connectivity index (χ2n) is 5.11. The summed E-state index contributed by atoms with van der Waals surface area (Å²) in [6.45, 7) is 8.17. The molecule has 0 spiro atoms. The normalized spacial score (nSPS) is 17.5. The fourth-order valence-corrected chi connectivity index (χ4v) is 2.12. The predicted octanol–water partition coefficient (Wildman–Crippen LogP) is 2.36. The maximum absolute atomic E-state index is 6.02. The first kappa shape index (κ1) is 17.2. The van der Waals surface area contributed by atoms with Gasteiger partial charge in [-0.1, -0.05) is 36.8 Å². The molecule has 5 heteroatoms. The van der Waals surface area contributed by atoms with Gasteiger partial charge in [0.2, 0.25) is 0 Å². The molecule has 1 aliphatic heterocycles. The molecule has 0 radical (unpaired) electrons. The predicted molar refractivity (Wildman–Crippen MR) is 93.9 cm³/mol. The zero-order valence-corrected chi connectivity index (χ0v) is 14.5. The van der Waals surface area contributed by atoms with Gasteiger partial charge in [0.05, 0.1) is 13.2 Å². The largest absolute Gasteiger partial charge is 0.378 e. The first-order valence-corrected chi connectivity index (χ1v) is 6.86. The molecule has 0 bridgehead atoms. The number of benzene rings is 1. The monoisotopic (exact) mass is 389 g/mol. The van der Waals surface area contributed by atoms with E-state index in [4.69, 9.17) is 10.5 Å². The minimum absolute atomic E-state index is 0. The van der Waals surface area contributed by atoms with Crippen molar-refractivity contribution in [1.82, 2.24) is 4.90 Å². The molecule has 4 nitrogen and oxygen atoms in total. The average molecular weight is 389 g/mol. The van der Waals surface area contributed by atoms with Crippen LogP contribution in [-0.2, 0) is 4.74 Å². The minimum atomic E-state index is 0. The number of ether oxygens (including phenoxy) is 1. The number of morpholine rings is 1. The van der Waals surface area contributed by atoms with Gasteiger partial charge >= 0.3 is 0 Å². The zero-order chi connectivity index (χ0) is 13.7. The van der Waals surface area contributed by atoms with Gasteiger partial charge in [0, 0.05) is 25.6 Å². The van der Waals surface area contributed by atoms with Crippen LogP contribution in [0.4, 0.5) is 0 Å². The second kappa shape index (κ2) is 8.46. The van der Waals surface area contributed by atoms with Crippen molar-refractivity contribution in [2.24, 2.45) is 10.7 Å². The molecular weight excluding hydrogens is 365 g/mol. The van der Waals surface area contributed by atoms with Crippen molar-refractivity contribution in [3.8, 4) is 0 Å². The molecule has 1 saturated heterocycles. The van der Waals surface area contributed by atoms with Crippen molar-refractivity contribution < 1.29 is 4.74 Å². The van der Waals surface area contributed by atoms with E-state index in [1.165, 1.54) is 11.1 Å². The Kier molecular flexibility index (Phi) is 7.29. The Hall–Kier alpha value is -0.820. The summed E-state index contributed by atoms with van der Waals surface area (Å²) in [5.74, 6) is 1.03. The fraction of sp³-hybridized carbons (Fsp3) is 0.533. The lowest BCUT2D eigenvalue weighted by Gasteiger charge is -2.27. The van der Waals surface area contributed by atoms with Crippen LogP contribution < -0.4 is 5.73 Å². The van der Waals surface area contributed by atoms with Crippen molar-refractivity contribution >= 4 is 29.9 Å². The standard InChI is InChI=1S/C15H23N3O.HI/c1-12-3-5-14(6-4-12)13(2)11-17-15(16)18-7-9-19-10-8-18;/h3-6,13H,7-11H2,1-2H3,(H2,16,17);1H. The Morgan fingerprint density at radius 1 is 1.30 bits per heavy atom. The van der Waals surface area contributed by atoms with Gasteiger partial charge in [-0.3, -0.25) is 4.99 Å². The van der Waals surface area contributed by atoms with E-state index in [-0.39, 0.29) is 24.0 Å². The number of aliphatic imine (C=N–C) groups is 1. The van der Waals surface area contributed by atoms with Crippen LogP contribution in [0.5, 0.6) is 0 Å². The van der Waals surface area contributed by atoms with Gasteiger partial charge in [-0.05, 0) is 12.5 Å². The van der Waals surface area contributed by atoms with Crippen LogP contribution in [0.25, 0.3) is 0 Å². The number of rotatable bonds is 3. The van der Waals surface area contributed by atoms with Crippen molar-refractivity contribution in [1.29, 1.82) is 0 Å². The summed E-state index contributed by atoms with van der Waals surface area (Å²) in [6.07, 6.45) is 0. The number of nitrogens with zero attached hydrogens (tertiary/aromatic N) is 2. The molecule has 1 atom stereocenters.